The first-order chi connectivity index (χ1) is 15.3. The number of hydrogen-bond donors (Lipinski definition) is 1. The molecule has 8 nitrogen and oxygen atoms in total. The van der Waals surface area contributed by atoms with Gasteiger partial charge in [0, 0.05) is 51.8 Å². The van der Waals surface area contributed by atoms with Crippen LogP contribution in [0.5, 0.6) is 5.75 Å². The van der Waals surface area contributed by atoms with Crippen molar-refractivity contribution in [3.8, 4) is 5.75 Å². The Balaban J connectivity index is 1.36. The van der Waals surface area contributed by atoms with Crippen LogP contribution in [0.4, 0.5) is 0 Å². The molecule has 3 aromatic rings. The second-order valence-corrected chi connectivity index (χ2v) is 7.50. The molecule has 0 unspecified atom stereocenters. The molecule has 1 aliphatic rings. The van der Waals surface area contributed by atoms with Crippen molar-refractivity contribution >= 4 is 5.96 Å². The van der Waals surface area contributed by atoms with E-state index in [1.54, 1.807) is 19.6 Å². The number of benzene rings is 1. The Labute approximate surface area is 182 Å². The molecule has 1 saturated heterocycles. The Morgan fingerprint density at radius 3 is 2.61 bits per heavy atom. The lowest BCUT2D eigenvalue weighted by molar-refractivity contribution is 0.169. The summed E-state index contributed by atoms with van der Waals surface area (Å²) in [6.07, 6.45) is 4.15. The van der Waals surface area contributed by atoms with E-state index >= 15 is 0 Å². The predicted octanol–water partition coefficient (Wildman–Crippen LogP) is 2.78. The van der Waals surface area contributed by atoms with E-state index in [2.05, 4.69) is 32.4 Å². The number of furan rings is 1. The molecular weight excluding hydrogens is 394 g/mol. The number of rotatable bonds is 8. The monoisotopic (exact) mass is 423 g/mol. The van der Waals surface area contributed by atoms with Crippen molar-refractivity contribution in [2.24, 2.45) is 4.99 Å². The molecule has 0 aliphatic carbocycles. The highest BCUT2D eigenvalue weighted by atomic mass is 16.5. The van der Waals surface area contributed by atoms with Gasteiger partial charge in [0.2, 0.25) is 0 Å². The van der Waals surface area contributed by atoms with E-state index in [1.165, 1.54) is 0 Å². The molecule has 1 aromatic carbocycles. The van der Waals surface area contributed by atoms with Crippen LogP contribution in [0.1, 0.15) is 17.0 Å². The third-order valence-electron chi connectivity index (χ3n) is 5.35. The van der Waals surface area contributed by atoms with Crippen molar-refractivity contribution in [2.75, 3.05) is 39.8 Å². The first-order valence-corrected chi connectivity index (χ1v) is 10.6. The van der Waals surface area contributed by atoms with Crippen LogP contribution in [-0.4, -0.2) is 60.7 Å². The standard InChI is InChI=1S/C23H29N5O3/c1-29-21-6-4-19(5-7-21)17-25-23(24-10-8-22-3-2-15-30-22)28-13-11-27(12-14-28)18-20-9-16-31-26-20/h2-7,9,15-16H,8,10-14,17-18H2,1H3,(H,24,25). The summed E-state index contributed by atoms with van der Waals surface area (Å²) < 4.78 is 15.6. The van der Waals surface area contributed by atoms with Gasteiger partial charge in [-0.05, 0) is 29.8 Å². The van der Waals surface area contributed by atoms with Crippen LogP contribution < -0.4 is 10.1 Å². The van der Waals surface area contributed by atoms with Gasteiger partial charge < -0.3 is 23.9 Å². The Kier molecular flexibility index (Phi) is 7.23. The molecule has 0 bridgehead atoms. The Morgan fingerprint density at radius 2 is 1.94 bits per heavy atom. The highest BCUT2D eigenvalue weighted by Crippen LogP contribution is 2.13. The van der Waals surface area contributed by atoms with Gasteiger partial charge in [-0.1, -0.05) is 17.3 Å². The zero-order valence-corrected chi connectivity index (χ0v) is 17.9. The van der Waals surface area contributed by atoms with E-state index < -0.39 is 0 Å². The van der Waals surface area contributed by atoms with Gasteiger partial charge >= 0.3 is 0 Å². The highest BCUT2D eigenvalue weighted by Gasteiger charge is 2.20. The minimum absolute atomic E-state index is 0.617. The summed E-state index contributed by atoms with van der Waals surface area (Å²) in [7, 11) is 1.68. The fraction of sp³-hybridized carbons (Fsp3) is 0.391. The van der Waals surface area contributed by atoms with E-state index in [0.717, 1.165) is 74.4 Å². The van der Waals surface area contributed by atoms with Gasteiger partial charge in [-0.2, -0.15) is 0 Å². The maximum atomic E-state index is 5.45. The third-order valence-corrected chi connectivity index (χ3v) is 5.35. The minimum Gasteiger partial charge on any atom is -0.497 e. The molecule has 164 valence electrons. The fourth-order valence-electron chi connectivity index (χ4n) is 3.58. The lowest BCUT2D eigenvalue weighted by Gasteiger charge is -2.36. The Morgan fingerprint density at radius 1 is 1.10 bits per heavy atom. The zero-order valence-electron chi connectivity index (χ0n) is 17.9. The molecule has 0 spiro atoms. The fourth-order valence-corrected chi connectivity index (χ4v) is 3.58. The molecule has 0 amide bonds. The Hall–Kier alpha value is -3.26. The summed E-state index contributed by atoms with van der Waals surface area (Å²) in [5.41, 5.74) is 2.12. The number of hydrogen-bond acceptors (Lipinski definition) is 6. The molecule has 1 N–H and O–H groups in total. The maximum absolute atomic E-state index is 5.45. The number of piperazine rings is 1. The van der Waals surface area contributed by atoms with Crippen LogP contribution in [0, 0.1) is 0 Å². The summed E-state index contributed by atoms with van der Waals surface area (Å²) >= 11 is 0. The molecule has 0 radical (unpaired) electrons. The molecule has 1 fully saturated rings. The van der Waals surface area contributed by atoms with E-state index in [1.807, 2.05) is 30.3 Å². The SMILES string of the molecule is COc1ccc(CN=C(NCCc2ccco2)N2CCN(Cc3ccon3)CC2)cc1. The summed E-state index contributed by atoms with van der Waals surface area (Å²) in [5, 5.41) is 7.55. The van der Waals surface area contributed by atoms with Crippen LogP contribution in [0.15, 0.2) is 68.9 Å². The van der Waals surface area contributed by atoms with Crippen molar-refractivity contribution in [1.29, 1.82) is 0 Å². The molecule has 0 atom stereocenters. The van der Waals surface area contributed by atoms with Crippen molar-refractivity contribution in [3.05, 3.63) is 72.0 Å². The lowest BCUT2D eigenvalue weighted by Crippen LogP contribution is -2.52. The minimum atomic E-state index is 0.617. The average Bonchev–Trinajstić information content (AvgIpc) is 3.52. The largest absolute Gasteiger partial charge is 0.497 e. The summed E-state index contributed by atoms with van der Waals surface area (Å²) in [5.74, 6) is 2.76. The molecule has 31 heavy (non-hydrogen) atoms. The van der Waals surface area contributed by atoms with E-state index in [9.17, 15) is 0 Å². The number of aliphatic imine (C=N–C) groups is 1. The van der Waals surface area contributed by atoms with Gasteiger partial charge in [0.25, 0.3) is 0 Å². The first-order valence-electron chi connectivity index (χ1n) is 10.6. The average molecular weight is 424 g/mol. The molecular formula is C23H29N5O3. The van der Waals surface area contributed by atoms with Crippen molar-refractivity contribution in [2.45, 2.75) is 19.5 Å². The molecule has 3 heterocycles. The topological polar surface area (TPSA) is 79.3 Å². The first kappa shape index (κ1) is 21.0. The van der Waals surface area contributed by atoms with Crippen molar-refractivity contribution in [1.82, 2.24) is 20.3 Å². The lowest BCUT2D eigenvalue weighted by atomic mass is 10.2. The number of aromatic nitrogens is 1. The van der Waals surface area contributed by atoms with E-state index in [-0.39, 0.29) is 0 Å². The molecule has 0 saturated carbocycles. The normalized spacial score (nSPS) is 15.3. The third kappa shape index (κ3) is 6.11. The van der Waals surface area contributed by atoms with E-state index in [4.69, 9.17) is 18.7 Å². The summed E-state index contributed by atoms with van der Waals surface area (Å²) in [6, 6.07) is 13.9. The maximum Gasteiger partial charge on any atom is 0.194 e. The van der Waals surface area contributed by atoms with Crippen LogP contribution in [0.3, 0.4) is 0 Å². The van der Waals surface area contributed by atoms with E-state index in [0.29, 0.717) is 6.54 Å². The van der Waals surface area contributed by atoms with Gasteiger partial charge in [0.1, 0.15) is 17.8 Å². The second kappa shape index (κ2) is 10.7. The number of ether oxygens (including phenoxy) is 1. The Bertz CT molecular complexity index is 915. The number of methoxy groups -OCH3 is 1. The predicted molar refractivity (Wildman–Crippen MR) is 118 cm³/mol. The molecule has 1 aliphatic heterocycles. The van der Waals surface area contributed by atoms with Crippen LogP contribution in [0.2, 0.25) is 0 Å². The second-order valence-electron chi connectivity index (χ2n) is 7.50. The summed E-state index contributed by atoms with van der Waals surface area (Å²) in [4.78, 5) is 9.62. The van der Waals surface area contributed by atoms with Gasteiger partial charge in [-0.15, -0.1) is 0 Å². The number of guanidine groups is 1. The zero-order chi connectivity index (χ0) is 21.3. The molecule has 2 aromatic heterocycles. The molecule has 4 rings (SSSR count). The van der Waals surface area contributed by atoms with Gasteiger partial charge in [0.05, 0.1) is 25.6 Å². The number of nitrogens with one attached hydrogen (secondary N) is 1. The smallest absolute Gasteiger partial charge is 0.194 e. The summed E-state index contributed by atoms with van der Waals surface area (Å²) in [6.45, 7) is 5.93. The quantitative estimate of drug-likeness (QED) is 0.441. The van der Waals surface area contributed by atoms with Gasteiger partial charge in [-0.25, -0.2) is 4.99 Å². The highest BCUT2D eigenvalue weighted by molar-refractivity contribution is 5.80. The van der Waals surface area contributed by atoms with Crippen LogP contribution in [0.25, 0.3) is 0 Å². The van der Waals surface area contributed by atoms with Crippen molar-refractivity contribution in [3.63, 3.8) is 0 Å². The van der Waals surface area contributed by atoms with Crippen molar-refractivity contribution < 1.29 is 13.7 Å². The van der Waals surface area contributed by atoms with Gasteiger partial charge in [0.15, 0.2) is 5.96 Å². The molecule has 8 heteroatoms. The number of nitrogens with zero attached hydrogens (tertiary/aromatic N) is 4. The van der Waals surface area contributed by atoms with Crippen LogP contribution >= 0.6 is 0 Å². The van der Waals surface area contributed by atoms with Gasteiger partial charge in [-0.3, -0.25) is 4.90 Å². The van der Waals surface area contributed by atoms with Crippen LogP contribution in [-0.2, 0) is 19.5 Å².